The van der Waals surface area contributed by atoms with E-state index in [0.29, 0.717) is 6.04 Å². The molecule has 0 saturated heterocycles. The third kappa shape index (κ3) is 4.12. The van der Waals surface area contributed by atoms with E-state index in [0.717, 1.165) is 12.8 Å². The van der Waals surface area contributed by atoms with Crippen molar-refractivity contribution in [2.75, 3.05) is 5.32 Å². The molecule has 0 aliphatic heterocycles. The molecule has 0 aliphatic carbocycles. The van der Waals surface area contributed by atoms with Gasteiger partial charge < -0.3 is 5.32 Å². The van der Waals surface area contributed by atoms with Crippen molar-refractivity contribution < 1.29 is 0 Å². The van der Waals surface area contributed by atoms with Gasteiger partial charge in [-0.25, -0.2) is 0 Å². The summed E-state index contributed by atoms with van der Waals surface area (Å²) in [7, 11) is 0. The highest BCUT2D eigenvalue weighted by atomic mass is 14.9. The van der Waals surface area contributed by atoms with Crippen LogP contribution in [0.2, 0.25) is 0 Å². The molecule has 0 aromatic heterocycles. The smallest absolute Gasteiger partial charge is 0.0372 e. The minimum atomic E-state index is 0.483. The van der Waals surface area contributed by atoms with Gasteiger partial charge in [-0.3, -0.25) is 0 Å². The number of benzene rings is 2. The van der Waals surface area contributed by atoms with Crippen molar-refractivity contribution in [1.29, 1.82) is 0 Å². The maximum absolute atomic E-state index is 3.62. The molecule has 0 heterocycles. The molecule has 1 heteroatoms. The van der Waals surface area contributed by atoms with E-state index in [2.05, 4.69) is 75.5 Å². The van der Waals surface area contributed by atoms with Crippen molar-refractivity contribution in [3.05, 3.63) is 64.7 Å². The maximum Gasteiger partial charge on any atom is 0.0372 e. The van der Waals surface area contributed by atoms with Gasteiger partial charge >= 0.3 is 0 Å². The van der Waals surface area contributed by atoms with E-state index < -0.39 is 0 Å². The van der Waals surface area contributed by atoms with Crippen LogP contribution in [0.4, 0.5) is 5.69 Å². The fourth-order valence-electron chi connectivity index (χ4n) is 2.56. The Kier molecular flexibility index (Phi) is 4.84. The zero-order valence-corrected chi connectivity index (χ0v) is 13.0. The van der Waals surface area contributed by atoms with Crippen LogP contribution in [0.3, 0.4) is 0 Å². The van der Waals surface area contributed by atoms with Crippen molar-refractivity contribution in [1.82, 2.24) is 0 Å². The van der Waals surface area contributed by atoms with Gasteiger partial charge in [-0.2, -0.15) is 0 Å². The minimum absolute atomic E-state index is 0.483. The second-order valence-corrected chi connectivity index (χ2v) is 5.89. The molecule has 0 spiro atoms. The summed E-state index contributed by atoms with van der Waals surface area (Å²) in [6.45, 7) is 8.72. The van der Waals surface area contributed by atoms with Gasteiger partial charge in [0.25, 0.3) is 0 Å². The molecule has 0 amide bonds. The van der Waals surface area contributed by atoms with Crippen LogP contribution in [0.25, 0.3) is 0 Å². The summed E-state index contributed by atoms with van der Waals surface area (Å²) in [6.07, 6.45) is 2.28. The molecule has 1 unspecified atom stereocenters. The monoisotopic (exact) mass is 267 g/mol. The van der Waals surface area contributed by atoms with Gasteiger partial charge in [0.2, 0.25) is 0 Å². The summed E-state index contributed by atoms with van der Waals surface area (Å²) in [5.41, 5.74) is 6.68. The van der Waals surface area contributed by atoms with Crippen molar-refractivity contribution >= 4 is 5.69 Å². The number of hydrogen-bond acceptors (Lipinski definition) is 1. The van der Waals surface area contributed by atoms with E-state index in [4.69, 9.17) is 0 Å². The molecule has 0 saturated carbocycles. The summed E-state index contributed by atoms with van der Waals surface area (Å²) in [6, 6.07) is 15.9. The molecule has 1 N–H and O–H groups in total. The van der Waals surface area contributed by atoms with Crippen LogP contribution in [0, 0.1) is 20.8 Å². The molecule has 0 aliphatic rings. The van der Waals surface area contributed by atoms with Gasteiger partial charge in [0, 0.05) is 11.7 Å². The first kappa shape index (κ1) is 14.6. The lowest BCUT2D eigenvalue weighted by Crippen LogP contribution is -2.16. The Morgan fingerprint density at radius 2 is 1.70 bits per heavy atom. The Morgan fingerprint density at radius 3 is 2.40 bits per heavy atom. The quantitative estimate of drug-likeness (QED) is 0.799. The molecular formula is C19H25N. The number of hydrogen-bond donors (Lipinski definition) is 1. The van der Waals surface area contributed by atoms with Crippen molar-refractivity contribution in [2.45, 2.75) is 46.6 Å². The fraction of sp³-hybridized carbons (Fsp3) is 0.368. The molecule has 0 bridgehead atoms. The zero-order valence-electron chi connectivity index (χ0n) is 13.0. The second kappa shape index (κ2) is 6.60. The zero-order chi connectivity index (χ0) is 14.5. The number of nitrogens with one attached hydrogen (secondary N) is 1. The Bertz CT molecular complexity index is 572. The summed E-state index contributed by atoms with van der Waals surface area (Å²) in [5, 5.41) is 3.62. The fourth-order valence-corrected chi connectivity index (χ4v) is 2.56. The van der Waals surface area contributed by atoms with Gasteiger partial charge in [0.1, 0.15) is 0 Å². The van der Waals surface area contributed by atoms with E-state index in [1.165, 1.54) is 27.9 Å². The van der Waals surface area contributed by atoms with Gasteiger partial charge in [0.15, 0.2) is 0 Å². The van der Waals surface area contributed by atoms with Crippen molar-refractivity contribution in [3.8, 4) is 0 Å². The van der Waals surface area contributed by atoms with E-state index in [1.807, 2.05) is 0 Å². The lowest BCUT2D eigenvalue weighted by Gasteiger charge is -2.17. The van der Waals surface area contributed by atoms with Crippen molar-refractivity contribution in [2.24, 2.45) is 0 Å². The Morgan fingerprint density at radius 1 is 0.950 bits per heavy atom. The van der Waals surface area contributed by atoms with Crippen LogP contribution in [0.5, 0.6) is 0 Å². The average molecular weight is 267 g/mol. The number of rotatable bonds is 5. The molecule has 106 valence electrons. The molecule has 0 fully saturated rings. The third-order valence-electron chi connectivity index (χ3n) is 3.73. The van der Waals surface area contributed by atoms with Crippen LogP contribution in [-0.4, -0.2) is 6.04 Å². The Hall–Kier alpha value is -1.76. The first-order valence-corrected chi connectivity index (χ1v) is 7.44. The second-order valence-electron chi connectivity index (χ2n) is 5.89. The summed E-state index contributed by atoms with van der Waals surface area (Å²) < 4.78 is 0. The number of anilines is 1. The summed E-state index contributed by atoms with van der Waals surface area (Å²) >= 11 is 0. The molecule has 1 nitrogen and oxygen atoms in total. The highest BCUT2D eigenvalue weighted by Crippen LogP contribution is 2.18. The maximum atomic E-state index is 3.62. The lowest BCUT2D eigenvalue weighted by atomic mass is 10.0. The number of aryl methyl sites for hydroxylation is 4. The van der Waals surface area contributed by atoms with Crippen molar-refractivity contribution in [3.63, 3.8) is 0 Å². The first-order valence-electron chi connectivity index (χ1n) is 7.44. The van der Waals surface area contributed by atoms with Gasteiger partial charge in [-0.15, -0.1) is 0 Å². The standard InChI is InChI=1S/C19H25N/c1-14-6-5-7-18(13-14)10-9-17(4)20-19-11-8-15(2)12-16(19)3/h5-8,11-13,17,20H,9-10H2,1-4H3. The van der Waals surface area contributed by atoms with Crippen LogP contribution >= 0.6 is 0 Å². The average Bonchev–Trinajstić information content (AvgIpc) is 2.40. The molecule has 20 heavy (non-hydrogen) atoms. The minimum Gasteiger partial charge on any atom is -0.382 e. The van der Waals surface area contributed by atoms with Gasteiger partial charge in [0.05, 0.1) is 0 Å². The Labute approximate surface area is 123 Å². The van der Waals surface area contributed by atoms with Crippen LogP contribution in [0.15, 0.2) is 42.5 Å². The molecule has 2 aromatic rings. The topological polar surface area (TPSA) is 12.0 Å². The van der Waals surface area contributed by atoms with Crippen LogP contribution in [-0.2, 0) is 6.42 Å². The van der Waals surface area contributed by atoms with Gasteiger partial charge in [-0.05, 0) is 57.7 Å². The van der Waals surface area contributed by atoms with E-state index in [1.54, 1.807) is 0 Å². The van der Waals surface area contributed by atoms with E-state index in [-0.39, 0.29) is 0 Å². The van der Waals surface area contributed by atoms with E-state index >= 15 is 0 Å². The largest absolute Gasteiger partial charge is 0.382 e. The predicted octanol–water partition coefficient (Wildman–Crippen LogP) is 5.05. The first-order chi connectivity index (χ1) is 9.54. The Balaban J connectivity index is 1.90. The highest BCUT2D eigenvalue weighted by molar-refractivity contribution is 5.52. The third-order valence-corrected chi connectivity index (χ3v) is 3.73. The molecular weight excluding hydrogens is 242 g/mol. The lowest BCUT2D eigenvalue weighted by molar-refractivity contribution is 0.705. The molecule has 2 rings (SSSR count). The highest BCUT2D eigenvalue weighted by Gasteiger charge is 2.05. The molecule has 2 aromatic carbocycles. The van der Waals surface area contributed by atoms with E-state index in [9.17, 15) is 0 Å². The van der Waals surface area contributed by atoms with Crippen LogP contribution < -0.4 is 5.32 Å². The molecule has 1 atom stereocenters. The van der Waals surface area contributed by atoms with Gasteiger partial charge in [-0.1, -0.05) is 47.5 Å². The summed E-state index contributed by atoms with van der Waals surface area (Å²) in [4.78, 5) is 0. The van der Waals surface area contributed by atoms with Crippen LogP contribution in [0.1, 0.15) is 35.6 Å². The molecule has 0 radical (unpaired) electrons. The SMILES string of the molecule is Cc1cccc(CCC(C)Nc2ccc(C)cc2C)c1. The summed E-state index contributed by atoms with van der Waals surface area (Å²) in [5.74, 6) is 0. The normalized spacial score (nSPS) is 12.2. The predicted molar refractivity (Wildman–Crippen MR) is 88.5 cm³/mol.